The van der Waals surface area contributed by atoms with Crippen molar-refractivity contribution in [3.63, 3.8) is 0 Å². The Morgan fingerprint density at radius 1 is 1.05 bits per heavy atom. The van der Waals surface area contributed by atoms with Gasteiger partial charge in [0, 0.05) is 5.56 Å². The number of hydrogen-bond acceptors (Lipinski definition) is 2. The van der Waals surface area contributed by atoms with Crippen LogP contribution in [0.5, 0.6) is 5.75 Å². The summed E-state index contributed by atoms with van der Waals surface area (Å²) in [4.78, 5) is 0. The van der Waals surface area contributed by atoms with Crippen LogP contribution in [0, 0.1) is 20.8 Å². The fraction of sp³-hybridized carbons (Fsp3) is 0.333. The van der Waals surface area contributed by atoms with Crippen LogP contribution in [-0.4, -0.2) is 5.11 Å². The Bertz CT molecular complexity index is 577. The van der Waals surface area contributed by atoms with E-state index in [0.29, 0.717) is 6.61 Å². The first-order valence-corrected chi connectivity index (χ1v) is 6.95. The quantitative estimate of drug-likeness (QED) is 0.900. The molecule has 0 spiro atoms. The van der Waals surface area contributed by atoms with Crippen LogP contribution in [-0.2, 0) is 6.61 Å². The highest BCUT2D eigenvalue weighted by Crippen LogP contribution is 2.26. The molecule has 1 N–H and O–H groups in total. The zero-order chi connectivity index (χ0) is 14.7. The van der Waals surface area contributed by atoms with E-state index in [1.54, 1.807) is 6.92 Å². The number of aliphatic hydroxyl groups excluding tert-OH is 1. The third kappa shape index (κ3) is 3.20. The second-order valence-electron chi connectivity index (χ2n) is 5.38. The van der Waals surface area contributed by atoms with Gasteiger partial charge in [-0.1, -0.05) is 35.9 Å². The van der Waals surface area contributed by atoms with Gasteiger partial charge in [-0.2, -0.15) is 0 Å². The Balaban J connectivity index is 2.22. The van der Waals surface area contributed by atoms with E-state index in [4.69, 9.17) is 4.74 Å². The predicted molar refractivity (Wildman–Crippen MR) is 82.1 cm³/mol. The Kier molecular flexibility index (Phi) is 4.46. The molecule has 0 saturated heterocycles. The summed E-state index contributed by atoms with van der Waals surface area (Å²) in [5.41, 5.74) is 5.81. The largest absolute Gasteiger partial charge is 0.489 e. The first-order chi connectivity index (χ1) is 9.49. The van der Waals surface area contributed by atoms with E-state index in [1.807, 2.05) is 24.3 Å². The number of aryl methyl sites for hydroxylation is 3. The standard InChI is InChI=1S/C18H22O2/c1-12-9-13(2)17(14(3)10-12)11-20-18-8-6-5-7-16(18)15(4)19/h5-10,15,19H,11H2,1-4H3/t15-/m1/s1. The SMILES string of the molecule is Cc1cc(C)c(COc2ccccc2[C@@H](C)O)c(C)c1. The number of benzene rings is 2. The van der Waals surface area contributed by atoms with Crippen LogP contribution in [0.15, 0.2) is 36.4 Å². The van der Waals surface area contributed by atoms with Gasteiger partial charge in [-0.05, 0) is 50.5 Å². The average molecular weight is 270 g/mol. The predicted octanol–water partition coefficient (Wildman–Crippen LogP) is 4.24. The molecule has 0 aromatic heterocycles. The van der Waals surface area contributed by atoms with Crippen LogP contribution >= 0.6 is 0 Å². The molecule has 0 unspecified atom stereocenters. The van der Waals surface area contributed by atoms with Gasteiger partial charge >= 0.3 is 0 Å². The fourth-order valence-corrected chi connectivity index (χ4v) is 2.54. The van der Waals surface area contributed by atoms with E-state index in [0.717, 1.165) is 11.3 Å². The lowest BCUT2D eigenvalue weighted by Crippen LogP contribution is -2.04. The summed E-state index contributed by atoms with van der Waals surface area (Å²) in [6.45, 7) is 8.61. The van der Waals surface area contributed by atoms with Gasteiger partial charge in [-0.25, -0.2) is 0 Å². The number of rotatable bonds is 4. The summed E-state index contributed by atoms with van der Waals surface area (Å²) < 4.78 is 5.93. The highest BCUT2D eigenvalue weighted by atomic mass is 16.5. The highest BCUT2D eigenvalue weighted by Gasteiger charge is 2.10. The molecule has 20 heavy (non-hydrogen) atoms. The van der Waals surface area contributed by atoms with Crippen LogP contribution in [0.3, 0.4) is 0 Å². The molecule has 0 saturated carbocycles. The van der Waals surface area contributed by atoms with Crippen molar-refractivity contribution < 1.29 is 9.84 Å². The maximum absolute atomic E-state index is 9.77. The van der Waals surface area contributed by atoms with Gasteiger partial charge in [0.05, 0.1) is 6.10 Å². The summed E-state index contributed by atoms with van der Waals surface area (Å²) in [6.07, 6.45) is -0.522. The van der Waals surface area contributed by atoms with Crippen molar-refractivity contribution in [2.24, 2.45) is 0 Å². The molecule has 2 aromatic rings. The van der Waals surface area contributed by atoms with Crippen molar-refractivity contribution >= 4 is 0 Å². The Morgan fingerprint density at radius 3 is 2.25 bits per heavy atom. The van der Waals surface area contributed by atoms with Crippen molar-refractivity contribution in [3.05, 3.63) is 64.2 Å². The van der Waals surface area contributed by atoms with Crippen LogP contribution in [0.1, 0.15) is 40.8 Å². The Hall–Kier alpha value is -1.80. The van der Waals surface area contributed by atoms with Crippen molar-refractivity contribution in [2.75, 3.05) is 0 Å². The lowest BCUT2D eigenvalue weighted by atomic mass is 10.0. The maximum atomic E-state index is 9.77. The molecule has 0 bridgehead atoms. The molecular formula is C18H22O2. The van der Waals surface area contributed by atoms with E-state index in [9.17, 15) is 5.11 Å². The number of aliphatic hydroxyl groups is 1. The molecule has 2 nitrogen and oxygen atoms in total. The molecule has 0 heterocycles. The van der Waals surface area contributed by atoms with E-state index in [2.05, 4.69) is 32.9 Å². The second kappa shape index (κ2) is 6.10. The fourth-order valence-electron chi connectivity index (χ4n) is 2.54. The first-order valence-electron chi connectivity index (χ1n) is 6.95. The molecule has 0 fully saturated rings. The van der Waals surface area contributed by atoms with E-state index >= 15 is 0 Å². The lowest BCUT2D eigenvalue weighted by Gasteiger charge is -2.16. The van der Waals surface area contributed by atoms with Crippen molar-refractivity contribution in [3.8, 4) is 5.75 Å². The molecule has 106 valence electrons. The van der Waals surface area contributed by atoms with Crippen molar-refractivity contribution in [2.45, 2.75) is 40.4 Å². The summed E-state index contributed by atoms with van der Waals surface area (Å²) >= 11 is 0. The molecule has 2 rings (SSSR count). The van der Waals surface area contributed by atoms with Crippen molar-refractivity contribution in [1.82, 2.24) is 0 Å². The minimum atomic E-state index is -0.522. The molecule has 0 aliphatic heterocycles. The lowest BCUT2D eigenvalue weighted by molar-refractivity contribution is 0.190. The van der Waals surface area contributed by atoms with Gasteiger partial charge in [0.15, 0.2) is 0 Å². The van der Waals surface area contributed by atoms with Gasteiger partial charge in [0.2, 0.25) is 0 Å². The second-order valence-corrected chi connectivity index (χ2v) is 5.38. The number of para-hydroxylation sites is 1. The normalized spacial score (nSPS) is 12.2. The van der Waals surface area contributed by atoms with E-state index in [1.165, 1.54) is 22.3 Å². The van der Waals surface area contributed by atoms with Crippen molar-refractivity contribution in [1.29, 1.82) is 0 Å². The molecule has 2 heteroatoms. The molecule has 1 atom stereocenters. The molecule has 0 amide bonds. The van der Waals surface area contributed by atoms with Crippen LogP contribution in [0.25, 0.3) is 0 Å². The molecule has 0 aliphatic carbocycles. The Morgan fingerprint density at radius 2 is 1.65 bits per heavy atom. The third-order valence-electron chi connectivity index (χ3n) is 3.58. The van der Waals surface area contributed by atoms with Crippen LogP contribution in [0.4, 0.5) is 0 Å². The Labute approximate surface area is 121 Å². The molecule has 0 aliphatic rings. The first kappa shape index (κ1) is 14.6. The van der Waals surface area contributed by atoms with Gasteiger partial charge < -0.3 is 9.84 Å². The zero-order valence-electron chi connectivity index (χ0n) is 12.6. The average Bonchev–Trinajstić information content (AvgIpc) is 2.37. The third-order valence-corrected chi connectivity index (χ3v) is 3.58. The minimum absolute atomic E-state index is 0.522. The van der Waals surface area contributed by atoms with Gasteiger partial charge in [-0.15, -0.1) is 0 Å². The van der Waals surface area contributed by atoms with Gasteiger partial charge in [-0.3, -0.25) is 0 Å². The minimum Gasteiger partial charge on any atom is -0.489 e. The van der Waals surface area contributed by atoms with E-state index < -0.39 is 6.10 Å². The molecule has 2 aromatic carbocycles. The maximum Gasteiger partial charge on any atom is 0.125 e. The van der Waals surface area contributed by atoms with Crippen LogP contribution < -0.4 is 4.74 Å². The number of hydrogen-bond donors (Lipinski definition) is 1. The van der Waals surface area contributed by atoms with Crippen LogP contribution in [0.2, 0.25) is 0 Å². The van der Waals surface area contributed by atoms with Gasteiger partial charge in [0.25, 0.3) is 0 Å². The smallest absolute Gasteiger partial charge is 0.125 e. The summed E-state index contributed by atoms with van der Waals surface area (Å²) in [5, 5.41) is 9.77. The van der Waals surface area contributed by atoms with E-state index in [-0.39, 0.29) is 0 Å². The zero-order valence-corrected chi connectivity index (χ0v) is 12.6. The molecule has 0 radical (unpaired) electrons. The summed E-state index contributed by atoms with van der Waals surface area (Å²) in [7, 11) is 0. The highest BCUT2D eigenvalue weighted by molar-refractivity contribution is 5.39. The topological polar surface area (TPSA) is 29.5 Å². The van der Waals surface area contributed by atoms with Gasteiger partial charge in [0.1, 0.15) is 12.4 Å². The molecular weight excluding hydrogens is 248 g/mol. The summed E-state index contributed by atoms with van der Waals surface area (Å²) in [6, 6.07) is 12.0. The monoisotopic (exact) mass is 270 g/mol. The number of ether oxygens (including phenoxy) is 1. The summed E-state index contributed by atoms with van der Waals surface area (Å²) in [5.74, 6) is 0.752.